The van der Waals surface area contributed by atoms with E-state index in [1.807, 2.05) is 12.3 Å². The van der Waals surface area contributed by atoms with Crippen molar-refractivity contribution in [1.29, 1.82) is 0 Å². The summed E-state index contributed by atoms with van der Waals surface area (Å²) in [6, 6.07) is 30.0. The fraction of sp³-hybridized carbons (Fsp3) is 0.268. The molecule has 0 atom stereocenters. The van der Waals surface area contributed by atoms with Crippen LogP contribution < -0.4 is 25.7 Å². The number of anilines is 1. The largest absolute Gasteiger partial charge is 0.439 e. The first-order valence-corrected chi connectivity index (χ1v) is 17.8. The van der Waals surface area contributed by atoms with E-state index in [0.29, 0.717) is 17.7 Å². The molecule has 0 spiro atoms. The van der Waals surface area contributed by atoms with Crippen molar-refractivity contribution in [2.75, 3.05) is 11.9 Å². The zero-order chi connectivity index (χ0) is 34.9. The minimum atomic E-state index is -0.0193. The number of fused-ring (bicyclic) bond motifs is 6. The van der Waals surface area contributed by atoms with E-state index in [4.69, 9.17) is 14.7 Å². The molecule has 8 rings (SSSR count). The second kappa shape index (κ2) is 12.0. The van der Waals surface area contributed by atoms with Crippen molar-refractivity contribution in [3.05, 3.63) is 120 Å². The van der Waals surface area contributed by atoms with Gasteiger partial charge in [-0.2, -0.15) is 4.98 Å². The van der Waals surface area contributed by atoms with Gasteiger partial charge in [0.15, 0.2) is 5.65 Å². The molecule has 250 valence electrons. The maximum atomic E-state index is 6.58. The van der Waals surface area contributed by atoms with Crippen LogP contribution in [0.25, 0.3) is 27.8 Å². The molecule has 3 aromatic carbocycles. The second-order valence-corrected chi connectivity index (χ2v) is 15.3. The molecule has 0 radical (unpaired) electrons. The van der Waals surface area contributed by atoms with Crippen molar-refractivity contribution in [2.45, 2.75) is 65.7 Å². The number of benzene rings is 3. The number of pyridine rings is 2. The van der Waals surface area contributed by atoms with Crippen molar-refractivity contribution in [3.63, 3.8) is 0 Å². The van der Waals surface area contributed by atoms with Crippen LogP contribution in [0.3, 0.4) is 0 Å². The predicted octanol–water partition coefficient (Wildman–Crippen LogP) is 7.83. The summed E-state index contributed by atoms with van der Waals surface area (Å²) in [5.74, 6) is 2.96. The van der Waals surface area contributed by atoms with Gasteiger partial charge in [-0.05, 0) is 101 Å². The molecule has 6 aromatic rings. The Kier molecular flexibility index (Phi) is 7.70. The molecule has 5 heterocycles. The molecule has 9 heteroatoms. The van der Waals surface area contributed by atoms with E-state index in [-0.39, 0.29) is 19.4 Å². The Morgan fingerprint density at radius 3 is 2.32 bits per heavy atom. The zero-order valence-electron chi connectivity index (χ0n) is 30.3. The molecule has 3 aromatic heterocycles. The summed E-state index contributed by atoms with van der Waals surface area (Å²) in [6.07, 6.45) is 6.16. The number of nitrogens with one attached hydrogen (secondary N) is 1. The lowest BCUT2D eigenvalue weighted by molar-refractivity contribution is 0.465. The molecule has 0 amide bonds. The van der Waals surface area contributed by atoms with Crippen molar-refractivity contribution >= 4 is 52.5 Å². The number of rotatable bonds is 6. The average Bonchev–Trinajstić information content (AvgIpc) is 3.71. The molecule has 0 fully saturated rings. The number of para-hydroxylation sites is 1. The molecular formula is C41H44B2N6O. The number of nitrogens with zero attached hydrogens (tertiary/aromatic N) is 5. The van der Waals surface area contributed by atoms with Gasteiger partial charge in [-0.3, -0.25) is 4.57 Å². The molecule has 0 unspecified atom stereocenters. The van der Waals surface area contributed by atoms with Gasteiger partial charge in [0, 0.05) is 34.9 Å². The Morgan fingerprint density at radius 2 is 1.58 bits per heavy atom. The fourth-order valence-corrected chi connectivity index (χ4v) is 7.82. The third kappa shape index (κ3) is 5.22. The van der Waals surface area contributed by atoms with Crippen LogP contribution in [0, 0.1) is 0 Å². The van der Waals surface area contributed by atoms with E-state index in [1.165, 1.54) is 27.8 Å². The summed E-state index contributed by atoms with van der Waals surface area (Å²) in [7, 11) is 2.21. The number of aromatic nitrogens is 3. The van der Waals surface area contributed by atoms with Gasteiger partial charge in [0.25, 0.3) is 0 Å². The van der Waals surface area contributed by atoms with Gasteiger partial charge in [0.2, 0.25) is 5.88 Å². The van der Waals surface area contributed by atoms with E-state index < -0.39 is 0 Å². The molecule has 2 aliphatic rings. The lowest BCUT2D eigenvalue weighted by atomic mass is 9.47. The summed E-state index contributed by atoms with van der Waals surface area (Å²) in [5.41, 5.74) is 9.65. The highest BCUT2D eigenvalue weighted by atomic mass is 16.5. The molecular weight excluding hydrogens is 614 g/mol. The highest BCUT2D eigenvalue weighted by molar-refractivity contribution is 6.91. The van der Waals surface area contributed by atoms with Gasteiger partial charge >= 0.3 is 14.0 Å². The highest BCUT2D eigenvalue weighted by Gasteiger charge is 2.47. The Morgan fingerprint density at radius 1 is 0.820 bits per heavy atom. The lowest BCUT2D eigenvalue weighted by Crippen LogP contribution is -2.71. The van der Waals surface area contributed by atoms with Crippen molar-refractivity contribution in [3.8, 4) is 17.4 Å². The number of hydrogen-bond acceptors (Lipinski definition) is 6. The molecule has 0 saturated carbocycles. The maximum absolute atomic E-state index is 6.58. The zero-order valence-corrected chi connectivity index (χ0v) is 30.3. The van der Waals surface area contributed by atoms with Crippen molar-refractivity contribution in [2.24, 2.45) is 0 Å². The van der Waals surface area contributed by atoms with Crippen molar-refractivity contribution < 1.29 is 4.74 Å². The van der Waals surface area contributed by atoms with E-state index in [1.54, 1.807) is 0 Å². The maximum Gasteiger partial charge on any atom is 0.400 e. The topological polar surface area (TPSA) is 58.5 Å². The van der Waals surface area contributed by atoms with Crippen LogP contribution in [0.15, 0.2) is 104 Å². The molecule has 2 aliphatic heterocycles. The first kappa shape index (κ1) is 32.1. The Hall–Kier alpha value is -5.17. The van der Waals surface area contributed by atoms with Crippen LogP contribution in [-0.2, 0) is 5.41 Å². The first-order chi connectivity index (χ1) is 24.0. The molecule has 50 heavy (non-hydrogen) atoms. The fourth-order valence-electron chi connectivity index (χ4n) is 7.82. The first-order valence-electron chi connectivity index (χ1n) is 17.8. The minimum Gasteiger partial charge on any atom is -0.439 e. The monoisotopic (exact) mass is 658 g/mol. The number of ether oxygens (including phenoxy) is 1. The van der Waals surface area contributed by atoms with Gasteiger partial charge in [-0.25, -0.2) is 4.98 Å². The standard InChI is InChI=1S/C41H44B2N6O/c1-26(2)30-13-11-14-31(27(3)4)39(30)43-47(8)36-18-16-29(25-34(36)42-45-22-23-48(42)43)50-38-19-17-33-32-12-9-10-15-35(32)49(40(33)46-38)37-24-28(20-21-44-37)41(5,6)7/h9-27,45H,1-8H3. The normalized spacial score (nSPS) is 14.3. The minimum absolute atomic E-state index is 0.00746. The third-order valence-corrected chi connectivity index (χ3v) is 10.4. The SMILES string of the molecule is CC(C)c1cccc(C(C)C)c1B1N2C=CNB2c2cc(Oc3ccc4c5ccccc5n(-c5cc(C(C)(C)C)ccn5)c4n3)ccc2N1C. The summed E-state index contributed by atoms with van der Waals surface area (Å²) in [5, 5.41) is 5.84. The van der Waals surface area contributed by atoms with Crippen LogP contribution in [0.4, 0.5) is 5.69 Å². The molecule has 0 aliphatic carbocycles. The van der Waals surface area contributed by atoms with Gasteiger partial charge < -0.3 is 19.5 Å². The van der Waals surface area contributed by atoms with Crippen LogP contribution in [0.2, 0.25) is 0 Å². The van der Waals surface area contributed by atoms with E-state index in [0.717, 1.165) is 39.0 Å². The Bertz CT molecular complexity index is 2260. The number of hydrogen-bond donors (Lipinski definition) is 1. The van der Waals surface area contributed by atoms with E-state index in [9.17, 15) is 0 Å². The second-order valence-electron chi connectivity index (χ2n) is 15.3. The average molecular weight is 658 g/mol. The molecule has 0 bridgehead atoms. The van der Waals surface area contributed by atoms with E-state index >= 15 is 0 Å². The summed E-state index contributed by atoms with van der Waals surface area (Å²) >= 11 is 0. The Labute approximate surface area is 296 Å². The smallest absolute Gasteiger partial charge is 0.400 e. The van der Waals surface area contributed by atoms with Gasteiger partial charge in [0.05, 0.1) is 5.52 Å². The van der Waals surface area contributed by atoms with Gasteiger partial charge in [-0.15, -0.1) is 0 Å². The van der Waals surface area contributed by atoms with Gasteiger partial charge in [0.1, 0.15) is 11.6 Å². The van der Waals surface area contributed by atoms with Crippen LogP contribution in [0.5, 0.6) is 11.6 Å². The highest BCUT2D eigenvalue weighted by Crippen LogP contribution is 2.35. The quantitative estimate of drug-likeness (QED) is 0.184. The molecule has 1 N–H and O–H groups in total. The third-order valence-electron chi connectivity index (χ3n) is 10.4. The molecule has 7 nitrogen and oxygen atoms in total. The summed E-state index contributed by atoms with van der Waals surface area (Å²) < 4.78 is 11.2. The lowest BCUT2D eigenvalue weighted by Gasteiger charge is -2.44. The van der Waals surface area contributed by atoms with Crippen LogP contribution in [-0.4, -0.2) is 40.3 Å². The van der Waals surface area contributed by atoms with Gasteiger partial charge in [-0.1, -0.05) is 84.9 Å². The summed E-state index contributed by atoms with van der Waals surface area (Å²) in [4.78, 5) is 12.4. The van der Waals surface area contributed by atoms with Crippen LogP contribution in [0.1, 0.15) is 77.0 Å². The van der Waals surface area contributed by atoms with Crippen molar-refractivity contribution in [1.82, 2.24) is 24.5 Å². The predicted molar refractivity (Wildman–Crippen MR) is 210 cm³/mol. The Balaban J connectivity index is 1.19. The van der Waals surface area contributed by atoms with E-state index in [2.05, 4.69) is 166 Å². The van der Waals surface area contributed by atoms with Crippen LogP contribution >= 0.6 is 0 Å². The molecule has 0 saturated heterocycles. The summed E-state index contributed by atoms with van der Waals surface area (Å²) in [6.45, 7) is 15.9.